The fourth-order valence-electron chi connectivity index (χ4n) is 3.23. The van der Waals surface area contributed by atoms with E-state index in [2.05, 4.69) is 41.5 Å². The van der Waals surface area contributed by atoms with Gasteiger partial charge < -0.3 is 10.2 Å². The van der Waals surface area contributed by atoms with E-state index in [1.54, 1.807) is 0 Å². The molecule has 0 heterocycles. The molecule has 0 spiro atoms. The van der Waals surface area contributed by atoms with Gasteiger partial charge in [0, 0.05) is 0 Å². The third-order valence-electron chi connectivity index (χ3n) is 5.81. The van der Waals surface area contributed by atoms with Crippen LogP contribution in [0.4, 0.5) is 0 Å². The minimum atomic E-state index is -0.702. The molecule has 0 saturated carbocycles. The summed E-state index contributed by atoms with van der Waals surface area (Å²) >= 11 is 5.34. The molecule has 0 aliphatic rings. The zero-order valence-electron chi connectivity index (χ0n) is 30.0. The Morgan fingerprint density at radius 1 is 0.587 bits per heavy atom. The number of hydrogen-bond donors (Lipinski definition) is 2. The third-order valence-corrected chi connectivity index (χ3v) is 9.51. The summed E-state index contributed by atoms with van der Waals surface area (Å²) in [7, 11) is 0. The second-order valence-electron chi connectivity index (χ2n) is 11.6. The summed E-state index contributed by atoms with van der Waals surface area (Å²) in [5.74, 6) is 2.63. The predicted molar refractivity (Wildman–Crippen MR) is 201 cm³/mol. The molecule has 0 fully saturated rings. The molecule has 0 aromatic carbocycles. The Morgan fingerprint density at radius 3 is 1.20 bits per heavy atom. The molecule has 4 radical (unpaired) electrons. The maximum atomic E-state index is 10.7. The standard InChI is InChI=1S/2C10H20O2S.2C7H13O2.2Sn.2H/c2*1-9(2)6-4-3-5-7-13-8-10(11)12;2*1-3-5-6-9-7(8)4-2;;;;/h2*9H,3-8H2,1-2H3,(H,11,12);2*2-6H2,1H3;;;;. The monoisotopic (exact) mass is 908 g/mol. The van der Waals surface area contributed by atoms with Gasteiger partial charge >= 0.3 is 162 Å². The van der Waals surface area contributed by atoms with Crippen molar-refractivity contribution in [2.24, 2.45) is 11.8 Å². The van der Waals surface area contributed by atoms with E-state index >= 15 is 0 Å². The first-order valence-electron chi connectivity index (χ1n) is 17.2. The van der Waals surface area contributed by atoms with Crippen molar-refractivity contribution in [1.29, 1.82) is 0 Å². The molecule has 2 N–H and O–H groups in total. The predicted octanol–water partition coefficient (Wildman–Crippen LogP) is 8.12. The van der Waals surface area contributed by atoms with Gasteiger partial charge in [-0.3, -0.25) is 9.59 Å². The summed E-state index contributed by atoms with van der Waals surface area (Å²) < 4.78 is 11.8. The molecule has 12 heteroatoms. The Bertz CT molecular complexity index is 628. The first-order chi connectivity index (χ1) is 21.9. The van der Waals surface area contributed by atoms with E-state index in [0.29, 0.717) is 26.1 Å². The molecule has 46 heavy (non-hydrogen) atoms. The first-order valence-corrected chi connectivity index (χ1v) is 24.1. The molecule has 0 atom stereocenters. The Morgan fingerprint density at radius 2 is 0.935 bits per heavy atom. The van der Waals surface area contributed by atoms with E-state index in [4.69, 9.17) is 19.7 Å². The average Bonchev–Trinajstić information content (AvgIpc) is 2.97. The molecule has 0 saturated heterocycles. The molecule has 0 rings (SSSR count). The fraction of sp³-hybridized carbons (Fsp3) is 0.882. The topological polar surface area (TPSA) is 127 Å². The minimum absolute atomic E-state index is 0.0268. The number of ether oxygens (including phenoxy) is 2. The quantitative estimate of drug-likeness (QED) is 0.0500. The number of rotatable bonds is 26. The Hall–Kier alpha value is 0.177. The van der Waals surface area contributed by atoms with Gasteiger partial charge in [-0.2, -0.15) is 23.5 Å². The zero-order chi connectivity index (χ0) is 35.8. The van der Waals surface area contributed by atoms with Gasteiger partial charge in [-0.25, -0.2) is 0 Å². The number of carboxylic acids is 2. The summed E-state index contributed by atoms with van der Waals surface area (Å²) in [5.41, 5.74) is 0. The van der Waals surface area contributed by atoms with Crippen LogP contribution in [0.15, 0.2) is 0 Å². The zero-order valence-corrected chi connectivity index (χ0v) is 38.3. The van der Waals surface area contributed by atoms with Crippen molar-refractivity contribution in [2.75, 3.05) is 36.2 Å². The van der Waals surface area contributed by atoms with Gasteiger partial charge in [0.1, 0.15) is 0 Å². The molecule has 0 aromatic heterocycles. The van der Waals surface area contributed by atoms with E-state index in [1.165, 1.54) is 62.0 Å². The summed E-state index contributed by atoms with van der Waals surface area (Å²) in [5, 5.41) is 16.7. The van der Waals surface area contributed by atoms with Crippen molar-refractivity contribution >= 4 is 92.5 Å². The number of hydrogen-bond acceptors (Lipinski definition) is 8. The van der Waals surface area contributed by atoms with Crippen molar-refractivity contribution in [2.45, 2.75) is 140 Å². The van der Waals surface area contributed by atoms with Crippen molar-refractivity contribution in [3.8, 4) is 0 Å². The molecule has 0 aliphatic heterocycles. The molecule has 0 bridgehead atoms. The van der Waals surface area contributed by atoms with Gasteiger partial charge in [0.25, 0.3) is 0 Å². The van der Waals surface area contributed by atoms with Gasteiger partial charge in [0.2, 0.25) is 0 Å². The van der Waals surface area contributed by atoms with Crippen LogP contribution in [0.3, 0.4) is 0 Å². The molecule has 272 valence electrons. The van der Waals surface area contributed by atoms with E-state index in [-0.39, 0.29) is 23.4 Å². The van der Waals surface area contributed by atoms with Crippen LogP contribution in [-0.4, -0.2) is 115 Å². The van der Waals surface area contributed by atoms with Crippen molar-refractivity contribution in [3.63, 3.8) is 0 Å². The SMILES string of the molecule is CC(C)CCCCCSCC(=O)O.CC(C)CCCCCSCC(=O)O.CCCCOC(=O)C[CH2][SnH].CCCCOC(=O)C[CH2][SnH]. The summed E-state index contributed by atoms with van der Waals surface area (Å²) in [6.45, 7) is 14.3. The van der Waals surface area contributed by atoms with Crippen molar-refractivity contribution in [3.05, 3.63) is 0 Å². The molecule has 0 unspecified atom stereocenters. The molecule has 0 aromatic rings. The van der Waals surface area contributed by atoms with E-state index in [9.17, 15) is 19.2 Å². The van der Waals surface area contributed by atoms with Crippen LogP contribution in [0.5, 0.6) is 0 Å². The normalized spacial score (nSPS) is 10.1. The summed E-state index contributed by atoms with van der Waals surface area (Å²) in [4.78, 5) is 41.7. The van der Waals surface area contributed by atoms with E-state index in [1.807, 2.05) is 0 Å². The van der Waals surface area contributed by atoms with Gasteiger partial charge in [0.05, 0.1) is 11.5 Å². The van der Waals surface area contributed by atoms with Crippen LogP contribution in [0.25, 0.3) is 0 Å². The summed E-state index contributed by atoms with van der Waals surface area (Å²) in [6, 6.07) is 0. The number of carboxylic acid groups (broad SMARTS) is 2. The van der Waals surface area contributed by atoms with Crippen molar-refractivity contribution < 1.29 is 38.9 Å². The first kappa shape index (κ1) is 53.0. The Labute approximate surface area is 317 Å². The second kappa shape index (κ2) is 45.2. The maximum absolute atomic E-state index is 10.7. The van der Waals surface area contributed by atoms with Gasteiger partial charge in [0.15, 0.2) is 0 Å². The van der Waals surface area contributed by atoms with Crippen LogP contribution >= 0.6 is 23.5 Å². The molecule has 0 aliphatic carbocycles. The van der Waals surface area contributed by atoms with Crippen LogP contribution in [-0.2, 0) is 28.7 Å². The number of thioether (sulfide) groups is 2. The van der Waals surface area contributed by atoms with Crippen LogP contribution in [0, 0.1) is 11.8 Å². The van der Waals surface area contributed by atoms with Crippen LogP contribution < -0.4 is 0 Å². The molecular weight excluding hydrogens is 838 g/mol. The van der Waals surface area contributed by atoms with Gasteiger partial charge in [-0.15, -0.1) is 0 Å². The number of carbonyl (C=O) groups is 4. The van der Waals surface area contributed by atoms with Crippen LogP contribution in [0.1, 0.15) is 131 Å². The molecule has 8 nitrogen and oxygen atoms in total. The number of carbonyl (C=O) groups excluding carboxylic acids is 2. The van der Waals surface area contributed by atoms with Crippen molar-refractivity contribution in [1.82, 2.24) is 0 Å². The van der Waals surface area contributed by atoms with Gasteiger partial charge in [-0.05, 0) is 36.2 Å². The summed E-state index contributed by atoms with van der Waals surface area (Å²) in [6.07, 6.45) is 15.4. The Kier molecular flexibility index (Phi) is 52.0. The van der Waals surface area contributed by atoms with E-state index in [0.717, 1.165) is 116 Å². The number of aliphatic carboxylic acids is 2. The fourth-order valence-corrected chi connectivity index (χ4v) is 6.03. The Balaban J connectivity index is -0.000000258. The van der Waals surface area contributed by atoms with Crippen LogP contribution in [0.2, 0.25) is 8.87 Å². The third kappa shape index (κ3) is 62.9. The van der Waals surface area contributed by atoms with Gasteiger partial charge in [-0.1, -0.05) is 66.2 Å². The second-order valence-corrected chi connectivity index (χ2v) is 17.1. The molecule has 0 amide bonds. The van der Waals surface area contributed by atoms with E-state index < -0.39 is 11.9 Å². The number of esters is 2. The average molecular weight is 906 g/mol. The number of unbranched alkanes of at least 4 members (excludes halogenated alkanes) is 6. The molecular formula is C34H68O8S2Sn2.